The molecule has 0 unspecified atom stereocenters. The standard InChI is InChI=1S/C13H20N4/c1-12(10-14)11-16-6-8-17(9-7-16)13-4-2-3-5-15-13/h2-5H,1,6-11,14H2. The molecule has 4 nitrogen and oxygen atoms in total. The second-order valence-electron chi connectivity index (χ2n) is 4.41. The van der Waals surface area contributed by atoms with Crippen molar-refractivity contribution in [3.8, 4) is 0 Å². The highest BCUT2D eigenvalue weighted by Crippen LogP contribution is 2.12. The Morgan fingerprint density at radius 3 is 2.65 bits per heavy atom. The highest BCUT2D eigenvalue weighted by molar-refractivity contribution is 5.38. The lowest BCUT2D eigenvalue weighted by molar-refractivity contribution is 0.277. The van der Waals surface area contributed by atoms with E-state index in [1.54, 1.807) is 0 Å². The number of hydrogen-bond acceptors (Lipinski definition) is 4. The van der Waals surface area contributed by atoms with Gasteiger partial charge in [-0.2, -0.15) is 0 Å². The van der Waals surface area contributed by atoms with Crippen LogP contribution in [0.1, 0.15) is 0 Å². The van der Waals surface area contributed by atoms with E-state index in [1.165, 1.54) is 0 Å². The number of hydrogen-bond donors (Lipinski definition) is 1. The molecule has 1 aliphatic rings. The molecule has 0 saturated carbocycles. The number of nitrogens with two attached hydrogens (primary N) is 1. The van der Waals surface area contributed by atoms with Gasteiger partial charge in [-0.25, -0.2) is 4.98 Å². The van der Waals surface area contributed by atoms with E-state index in [1.807, 2.05) is 18.3 Å². The van der Waals surface area contributed by atoms with Crippen LogP contribution in [0.2, 0.25) is 0 Å². The summed E-state index contributed by atoms with van der Waals surface area (Å²) < 4.78 is 0. The Balaban J connectivity index is 1.84. The molecule has 1 saturated heterocycles. The van der Waals surface area contributed by atoms with Crippen molar-refractivity contribution in [1.29, 1.82) is 0 Å². The van der Waals surface area contributed by atoms with Crippen molar-refractivity contribution < 1.29 is 0 Å². The molecule has 0 radical (unpaired) electrons. The number of nitrogens with zero attached hydrogens (tertiary/aromatic N) is 3. The van der Waals surface area contributed by atoms with Gasteiger partial charge in [0.2, 0.25) is 0 Å². The van der Waals surface area contributed by atoms with Gasteiger partial charge in [-0.15, -0.1) is 0 Å². The molecule has 0 spiro atoms. The Kier molecular flexibility index (Phi) is 4.12. The van der Waals surface area contributed by atoms with E-state index in [-0.39, 0.29) is 0 Å². The summed E-state index contributed by atoms with van der Waals surface area (Å²) in [7, 11) is 0. The Morgan fingerprint density at radius 1 is 1.29 bits per heavy atom. The lowest BCUT2D eigenvalue weighted by Crippen LogP contribution is -2.47. The molecule has 4 heteroatoms. The van der Waals surface area contributed by atoms with Gasteiger partial charge in [0, 0.05) is 45.5 Å². The van der Waals surface area contributed by atoms with Crippen molar-refractivity contribution in [2.24, 2.45) is 5.73 Å². The van der Waals surface area contributed by atoms with Gasteiger partial charge in [-0.3, -0.25) is 4.90 Å². The highest BCUT2D eigenvalue weighted by Gasteiger charge is 2.17. The summed E-state index contributed by atoms with van der Waals surface area (Å²) in [4.78, 5) is 9.09. The first-order valence-electron chi connectivity index (χ1n) is 6.04. The summed E-state index contributed by atoms with van der Waals surface area (Å²) in [5.74, 6) is 1.07. The average Bonchev–Trinajstić information content (AvgIpc) is 2.40. The Morgan fingerprint density at radius 2 is 2.06 bits per heavy atom. The molecule has 2 N–H and O–H groups in total. The number of aromatic nitrogens is 1. The third-order valence-corrected chi connectivity index (χ3v) is 3.08. The molecule has 2 rings (SSSR count). The predicted octanol–water partition coefficient (Wildman–Crippen LogP) is 0.718. The van der Waals surface area contributed by atoms with Gasteiger partial charge in [-0.05, 0) is 17.7 Å². The first-order chi connectivity index (χ1) is 8.29. The van der Waals surface area contributed by atoms with Crippen molar-refractivity contribution in [3.05, 3.63) is 36.5 Å². The van der Waals surface area contributed by atoms with E-state index in [0.717, 1.165) is 44.1 Å². The quantitative estimate of drug-likeness (QED) is 0.777. The molecular weight excluding hydrogens is 212 g/mol. The molecule has 1 aliphatic heterocycles. The van der Waals surface area contributed by atoms with Crippen molar-refractivity contribution in [3.63, 3.8) is 0 Å². The number of piperazine rings is 1. The van der Waals surface area contributed by atoms with Gasteiger partial charge in [0.05, 0.1) is 0 Å². The van der Waals surface area contributed by atoms with Crippen LogP contribution in [-0.4, -0.2) is 49.2 Å². The zero-order valence-electron chi connectivity index (χ0n) is 10.2. The summed E-state index contributed by atoms with van der Waals surface area (Å²) in [5.41, 5.74) is 6.67. The van der Waals surface area contributed by atoms with Gasteiger partial charge in [0.1, 0.15) is 5.82 Å². The van der Waals surface area contributed by atoms with E-state index in [0.29, 0.717) is 6.54 Å². The van der Waals surface area contributed by atoms with Crippen molar-refractivity contribution in [2.45, 2.75) is 0 Å². The number of pyridine rings is 1. The van der Waals surface area contributed by atoms with Crippen molar-refractivity contribution in [2.75, 3.05) is 44.2 Å². The smallest absolute Gasteiger partial charge is 0.128 e. The molecule has 0 bridgehead atoms. The minimum absolute atomic E-state index is 0.584. The molecule has 17 heavy (non-hydrogen) atoms. The first kappa shape index (κ1) is 12.1. The number of anilines is 1. The van der Waals surface area contributed by atoms with Crippen LogP contribution in [0.4, 0.5) is 5.82 Å². The van der Waals surface area contributed by atoms with Crippen LogP contribution in [-0.2, 0) is 0 Å². The molecular formula is C13H20N4. The Bertz CT molecular complexity index is 355. The summed E-state index contributed by atoms with van der Waals surface area (Å²) >= 11 is 0. The highest BCUT2D eigenvalue weighted by atomic mass is 15.3. The van der Waals surface area contributed by atoms with Crippen LogP contribution in [0.3, 0.4) is 0 Å². The molecule has 0 atom stereocenters. The monoisotopic (exact) mass is 232 g/mol. The lowest BCUT2D eigenvalue weighted by Gasteiger charge is -2.35. The van der Waals surface area contributed by atoms with Gasteiger partial charge in [-0.1, -0.05) is 12.6 Å². The van der Waals surface area contributed by atoms with E-state index >= 15 is 0 Å². The fraction of sp³-hybridized carbons (Fsp3) is 0.462. The maximum absolute atomic E-state index is 5.56. The van der Waals surface area contributed by atoms with Gasteiger partial charge >= 0.3 is 0 Å². The van der Waals surface area contributed by atoms with E-state index in [9.17, 15) is 0 Å². The van der Waals surface area contributed by atoms with Crippen LogP contribution in [0.25, 0.3) is 0 Å². The molecule has 0 aliphatic carbocycles. The third-order valence-electron chi connectivity index (χ3n) is 3.08. The summed E-state index contributed by atoms with van der Waals surface area (Å²) in [6.07, 6.45) is 1.85. The summed E-state index contributed by atoms with van der Waals surface area (Å²) in [5, 5.41) is 0. The zero-order valence-corrected chi connectivity index (χ0v) is 10.2. The number of rotatable bonds is 4. The lowest BCUT2D eigenvalue weighted by atomic mass is 10.2. The maximum atomic E-state index is 5.56. The molecule has 92 valence electrons. The van der Waals surface area contributed by atoms with Gasteiger partial charge in [0.25, 0.3) is 0 Å². The largest absolute Gasteiger partial charge is 0.354 e. The molecule has 1 aromatic heterocycles. The minimum atomic E-state index is 0.584. The van der Waals surface area contributed by atoms with Crippen molar-refractivity contribution >= 4 is 5.82 Å². The fourth-order valence-electron chi connectivity index (χ4n) is 2.06. The van der Waals surface area contributed by atoms with E-state index in [2.05, 4.69) is 27.4 Å². The molecule has 1 aromatic rings. The Labute approximate surface area is 103 Å². The van der Waals surface area contributed by atoms with Crippen LogP contribution in [0, 0.1) is 0 Å². The molecule has 2 heterocycles. The van der Waals surface area contributed by atoms with Crippen LogP contribution in [0.5, 0.6) is 0 Å². The Hall–Kier alpha value is -1.39. The molecule has 1 fully saturated rings. The van der Waals surface area contributed by atoms with Crippen LogP contribution < -0.4 is 10.6 Å². The zero-order chi connectivity index (χ0) is 12.1. The SMILES string of the molecule is C=C(CN)CN1CCN(c2ccccn2)CC1. The topological polar surface area (TPSA) is 45.4 Å². The van der Waals surface area contributed by atoms with Crippen molar-refractivity contribution in [1.82, 2.24) is 9.88 Å². The normalized spacial score (nSPS) is 17.1. The van der Waals surface area contributed by atoms with E-state index < -0.39 is 0 Å². The van der Waals surface area contributed by atoms with Crippen LogP contribution >= 0.6 is 0 Å². The second kappa shape index (κ2) is 5.80. The molecule has 0 amide bonds. The fourth-order valence-corrected chi connectivity index (χ4v) is 2.06. The van der Waals surface area contributed by atoms with Crippen LogP contribution in [0.15, 0.2) is 36.5 Å². The minimum Gasteiger partial charge on any atom is -0.354 e. The second-order valence-corrected chi connectivity index (χ2v) is 4.41. The van der Waals surface area contributed by atoms with E-state index in [4.69, 9.17) is 5.73 Å². The summed E-state index contributed by atoms with van der Waals surface area (Å²) in [6.45, 7) is 9.61. The third kappa shape index (κ3) is 3.28. The van der Waals surface area contributed by atoms with Gasteiger partial charge in [0.15, 0.2) is 0 Å². The molecule has 0 aromatic carbocycles. The maximum Gasteiger partial charge on any atom is 0.128 e. The summed E-state index contributed by atoms with van der Waals surface area (Å²) in [6, 6.07) is 6.05. The predicted molar refractivity (Wildman–Crippen MR) is 71.1 cm³/mol. The average molecular weight is 232 g/mol. The van der Waals surface area contributed by atoms with Gasteiger partial charge < -0.3 is 10.6 Å². The first-order valence-corrected chi connectivity index (χ1v) is 6.04.